The van der Waals surface area contributed by atoms with Crippen molar-refractivity contribution in [3.8, 4) is 0 Å². The van der Waals surface area contributed by atoms with Crippen LogP contribution in [0, 0.1) is 0 Å². The van der Waals surface area contributed by atoms with Gasteiger partial charge in [-0.1, -0.05) is 58.0 Å². The molecule has 0 aliphatic carbocycles. The van der Waals surface area contributed by atoms with Crippen molar-refractivity contribution >= 4 is 0 Å². The lowest BCUT2D eigenvalue weighted by Gasteiger charge is -1.95. The van der Waals surface area contributed by atoms with Gasteiger partial charge in [0.15, 0.2) is 0 Å². The van der Waals surface area contributed by atoms with E-state index in [4.69, 9.17) is 0 Å². The lowest BCUT2D eigenvalue weighted by molar-refractivity contribution is -0.671. The highest BCUT2D eigenvalue weighted by Gasteiger charge is 1.99. The van der Waals surface area contributed by atoms with Gasteiger partial charge in [-0.3, -0.25) is 0 Å². The van der Waals surface area contributed by atoms with Crippen molar-refractivity contribution < 1.29 is 4.57 Å². The first-order chi connectivity index (χ1) is 8.34. The summed E-state index contributed by atoms with van der Waals surface area (Å²) in [5.74, 6) is 0. The molecule has 1 aromatic carbocycles. The van der Waals surface area contributed by atoms with E-state index in [9.17, 15) is 0 Å². The van der Waals surface area contributed by atoms with Gasteiger partial charge >= 0.3 is 0 Å². The third kappa shape index (κ3) is 5.91. The van der Waals surface area contributed by atoms with Crippen LogP contribution in [0.3, 0.4) is 0 Å². The van der Waals surface area contributed by atoms with E-state index in [1.54, 1.807) is 0 Å². The number of aromatic nitrogens is 2. The Kier molecular flexibility index (Phi) is 8.75. The van der Waals surface area contributed by atoms with Crippen LogP contribution in [0.25, 0.3) is 0 Å². The van der Waals surface area contributed by atoms with E-state index in [0.29, 0.717) is 0 Å². The number of imidazole rings is 1. The van der Waals surface area contributed by atoms with Crippen molar-refractivity contribution in [2.75, 3.05) is 0 Å². The molecule has 17 heavy (non-hydrogen) atoms. The van der Waals surface area contributed by atoms with E-state index in [-0.39, 0.29) is 0 Å². The first-order valence-corrected chi connectivity index (χ1v) is 6.39. The number of benzene rings is 1. The predicted octanol–water partition coefficient (Wildman–Crippen LogP) is 3.41. The molecule has 1 heterocycles. The molecule has 0 atom stereocenters. The molecular formula is C15H25N2+. The Balaban J connectivity index is 0.000000581. The van der Waals surface area contributed by atoms with Crippen LogP contribution in [0.5, 0.6) is 0 Å². The molecule has 2 aromatic rings. The van der Waals surface area contributed by atoms with Crippen molar-refractivity contribution in [1.82, 2.24) is 4.57 Å². The summed E-state index contributed by atoms with van der Waals surface area (Å²) in [4.78, 5) is 0. The molecule has 0 N–H and O–H groups in total. The smallest absolute Gasteiger partial charge is 0.240 e. The first kappa shape index (κ1) is 15.4. The van der Waals surface area contributed by atoms with Gasteiger partial charge in [0, 0.05) is 0 Å². The van der Waals surface area contributed by atoms with Crippen LogP contribution in [0.2, 0.25) is 0 Å². The molecule has 0 saturated heterocycles. The predicted molar refractivity (Wildman–Crippen MR) is 73.8 cm³/mol. The van der Waals surface area contributed by atoms with Crippen LogP contribution in [-0.4, -0.2) is 4.57 Å². The number of hydrogen-bond acceptors (Lipinski definition) is 0. The summed E-state index contributed by atoms with van der Waals surface area (Å²) in [7, 11) is 2.03. The second kappa shape index (κ2) is 9.64. The Labute approximate surface area is 106 Å². The van der Waals surface area contributed by atoms with Crippen LogP contribution in [0.4, 0.5) is 0 Å². The monoisotopic (exact) mass is 233 g/mol. The fourth-order valence-electron chi connectivity index (χ4n) is 1.39. The van der Waals surface area contributed by atoms with Crippen LogP contribution in [0.1, 0.15) is 33.3 Å². The highest BCUT2D eigenvalue weighted by atomic mass is 15.1. The van der Waals surface area contributed by atoms with Crippen molar-refractivity contribution in [2.24, 2.45) is 7.05 Å². The van der Waals surface area contributed by atoms with Gasteiger partial charge in [0.25, 0.3) is 0 Å². The molecule has 0 aliphatic rings. The zero-order valence-corrected chi connectivity index (χ0v) is 11.7. The van der Waals surface area contributed by atoms with Gasteiger partial charge in [0.05, 0.1) is 7.05 Å². The molecular weight excluding hydrogens is 208 g/mol. The minimum atomic E-state index is 0.946. The molecule has 2 nitrogen and oxygen atoms in total. The summed E-state index contributed by atoms with van der Waals surface area (Å²) < 4.78 is 4.21. The number of nitrogens with zero attached hydrogens (tertiary/aromatic N) is 2. The molecule has 0 spiro atoms. The van der Waals surface area contributed by atoms with Crippen LogP contribution in [0.15, 0.2) is 49.1 Å². The SMILES string of the molecule is CC.CC.C[n+]1ccn(Cc2ccccc2)c1. The molecule has 0 aliphatic heterocycles. The standard InChI is InChI=1S/C11H13N2.2C2H6/c1-12-7-8-13(10-12)9-11-5-3-2-4-6-11;2*1-2/h2-8,10H,9H2,1H3;2*1-2H3/q+1;;. The molecule has 2 heteroatoms. The Morgan fingerprint density at radius 1 is 1.00 bits per heavy atom. The van der Waals surface area contributed by atoms with Crippen molar-refractivity contribution in [2.45, 2.75) is 34.2 Å². The third-order valence-electron chi connectivity index (χ3n) is 2.03. The molecule has 0 unspecified atom stereocenters. The van der Waals surface area contributed by atoms with Gasteiger partial charge in [0.1, 0.15) is 18.9 Å². The van der Waals surface area contributed by atoms with Gasteiger partial charge in [-0.05, 0) is 5.56 Å². The second-order valence-electron chi connectivity index (χ2n) is 3.24. The van der Waals surface area contributed by atoms with Crippen LogP contribution in [-0.2, 0) is 13.6 Å². The van der Waals surface area contributed by atoms with Gasteiger partial charge < -0.3 is 0 Å². The van der Waals surface area contributed by atoms with Crippen LogP contribution >= 0.6 is 0 Å². The van der Waals surface area contributed by atoms with Crippen molar-refractivity contribution in [3.05, 3.63) is 54.6 Å². The number of rotatable bonds is 2. The normalized spacial score (nSPS) is 8.53. The lowest BCUT2D eigenvalue weighted by Crippen LogP contribution is -2.23. The minimum Gasteiger partial charge on any atom is -0.240 e. The first-order valence-electron chi connectivity index (χ1n) is 6.39. The fraction of sp³-hybridized carbons (Fsp3) is 0.400. The summed E-state index contributed by atoms with van der Waals surface area (Å²) in [6.45, 7) is 8.95. The maximum atomic E-state index is 2.16. The van der Waals surface area contributed by atoms with E-state index in [2.05, 4.69) is 41.4 Å². The van der Waals surface area contributed by atoms with Gasteiger partial charge in [-0.2, -0.15) is 0 Å². The molecule has 0 saturated carbocycles. The van der Waals surface area contributed by atoms with Crippen molar-refractivity contribution in [3.63, 3.8) is 0 Å². The Bertz CT molecular complexity index is 377. The maximum Gasteiger partial charge on any atom is 0.243 e. The molecule has 2 rings (SSSR count). The zero-order valence-electron chi connectivity index (χ0n) is 11.7. The van der Waals surface area contributed by atoms with Crippen molar-refractivity contribution in [1.29, 1.82) is 0 Å². The summed E-state index contributed by atoms with van der Waals surface area (Å²) in [5, 5.41) is 0. The quantitative estimate of drug-likeness (QED) is 0.703. The Morgan fingerprint density at radius 3 is 2.06 bits per heavy atom. The molecule has 0 radical (unpaired) electrons. The van der Waals surface area contributed by atoms with E-state index in [1.165, 1.54) is 5.56 Å². The second-order valence-corrected chi connectivity index (χ2v) is 3.24. The molecule has 0 bridgehead atoms. The average molecular weight is 233 g/mol. The summed E-state index contributed by atoms with van der Waals surface area (Å²) in [5.41, 5.74) is 1.33. The molecule has 1 aromatic heterocycles. The number of hydrogen-bond donors (Lipinski definition) is 0. The zero-order chi connectivity index (χ0) is 13.1. The lowest BCUT2D eigenvalue weighted by atomic mass is 10.2. The van der Waals surface area contributed by atoms with Gasteiger partial charge in [0.2, 0.25) is 6.33 Å². The highest BCUT2D eigenvalue weighted by molar-refractivity contribution is 5.14. The average Bonchev–Trinajstić information content (AvgIpc) is 2.81. The molecule has 94 valence electrons. The minimum absolute atomic E-state index is 0.946. The van der Waals surface area contributed by atoms with E-state index < -0.39 is 0 Å². The van der Waals surface area contributed by atoms with Gasteiger partial charge in [-0.15, -0.1) is 0 Å². The van der Waals surface area contributed by atoms with E-state index in [0.717, 1.165) is 6.54 Å². The molecule has 0 amide bonds. The topological polar surface area (TPSA) is 8.81 Å². The van der Waals surface area contributed by atoms with Crippen LogP contribution < -0.4 is 4.57 Å². The van der Waals surface area contributed by atoms with E-state index >= 15 is 0 Å². The summed E-state index contributed by atoms with van der Waals surface area (Å²) >= 11 is 0. The summed E-state index contributed by atoms with van der Waals surface area (Å²) in [6, 6.07) is 10.5. The van der Waals surface area contributed by atoms with Gasteiger partial charge in [-0.25, -0.2) is 9.13 Å². The summed E-state index contributed by atoms with van der Waals surface area (Å²) in [6.07, 6.45) is 6.20. The Morgan fingerprint density at radius 2 is 1.59 bits per heavy atom. The number of aryl methyl sites for hydroxylation is 1. The Hall–Kier alpha value is -1.57. The highest BCUT2D eigenvalue weighted by Crippen LogP contribution is 2.00. The molecule has 0 fully saturated rings. The van der Waals surface area contributed by atoms with E-state index in [1.807, 2.05) is 51.6 Å². The maximum absolute atomic E-state index is 2.16. The largest absolute Gasteiger partial charge is 0.243 e. The third-order valence-corrected chi connectivity index (χ3v) is 2.03. The fourth-order valence-corrected chi connectivity index (χ4v) is 1.39.